The summed E-state index contributed by atoms with van der Waals surface area (Å²) in [4.78, 5) is 12.0. The first-order chi connectivity index (χ1) is 9.15. The summed E-state index contributed by atoms with van der Waals surface area (Å²) >= 11 is 0. The Morgan fingerprint density at radius 3 is 3.00 bits per heavy atom. The molecule has 3 aliphatic rings. The molecular weight excluding hydrogens is 240 g/mol. The van der Waals surface area contributed by atoms with Gasteiger partial charge in [-0.25, -0.2) is 0 Å². The van der Waals surface area contributed by atoms with E-state index in [0.29, 0.717) is 24.0 Å². The van der Waals surface area contributed by atoms with Crippen molar-refractivity contribution in [2.45, 2.75) is 52.1 Å². The molecule has 0 fully saturated rings. The number of allylic oxidation sites excluding steroid dienone is 2. The summed E-state index contributed by atoms with van der Waals surface area (Å²) in [6, 6.07) is 0. The van der Waals surface area contributed by atoms with E-state index in [1.54, 1.807) is 0 Å². The summed E-state index contributed by atoms with van der Waals surface area (Å²) < 4.78 is 11.6. The summed E-state index contributed by atoms with van der Waals surface area (Å²) in [5.74, 6) is 2.04. The average Bonchev–Trinajstić information content (AvgIpc) is 2.93. The minimum absolute atomic E-state index is 0.248. The number of ketones is 1. The van der Waals surface area contributed by atoms with E-state index in [9.17, 15) is 4.79 Å². The summed E-state index contributed by atoms with van der Waals surface area (Å²) in [5.41, 5.74) is 2.26. The van der Waals surface area contributed by atoms with Gasteiger partial charge >= 0.3 is 0 Å². The monoisotopic (exact) mass is 262 g/mol. The molecule has 0 aromatic heterocycles. The molecule has 3 nitrogen and oxygen atoms in total. The third-order valence-electron chi connectivity index (χ3n) is 4.64. The van der Waals surface area contributed by atoms with E-state index >= 15 is 0 Å². The Bertz CT molecular complexity index is 447. The van der Waals surface area contributed by atoms with Gasteiger partial charge in [0.2, 0.25) is 0 Å². The first-order valence-corrected chi connectivity index (χ1v) is 7.37. The number of carbonyl (C=O) groups excluding carboxylic acids is 1. The standard InChI is InChI=1S/C16H22O3/c1-10-3-6-14(17)11(2)4-5-12-13-7-8-18-16(13)19-15(12)9-10/h4,10,12,15H,3,5-9H2,1-2H3/b11-4+/t10-,12?,15-/m1/s1. The van der Waals surface area contributed by atoms with Crippen molar-refractivity contribution in [3.05, 3.63) is 23.2 Å². The van der Waals surface area contributed by atoms with Gasteiger partial charge in [0.1, 0.15) is 6.10 Å². The minimum Gasteiger partial charge on any atom is -0.465 e. The molecule has 0 bridgehead atoms. The quantitative estimate of drug-likeness (QED) is 0.671. The van der Waals surface area contributed by atoms with Crippen LogP contribution in [0.3, 0.4) is 0 Å². The van der Waals surface area contributed by atoms with Crippen LogP contribution in [0, 0.1) is 11.8 Å². The molecule has 19 heavy (non-hydrogen) atoms. The molecule has 3 atom stereocenters. The van der Waals surface area contributed by atoms with Crippen LogP contribution in [0.2, 0.25) is 0 Å². The Morgan fingerprint density at radius 1 is 1.32 bits per heavy atom. The number of carbonyl (C=O) groups is 1. The molecule has 3 heteroatoms. The number of ether oxygens (including phenoxy) is 2. The van der Waals surface area contributed by atoms with Crippen LogP contribution in [-0.4, -0.2) is 18.5 Å². The van der Waals surface area contributed by atoms with E-state index in [-0.39, 0.29) is 6.10 Å². The Labute approximate surface area is 114 Å². The molecule has 0 spiro atoms. The molecule has 0 saturated heterocycles. The van der Waals surface area contributed by atoms with Crippen molar-refractivity contribution < 1.29 is 14.3 Å². The fourth-order valence-electron chi connectivity index (χ4n) is 3.35. The first kappa shape index (κ1) is 12.8. The fraction of sp³-hybridized carbons (Fsp3) is 0.688. The molecule has 0 N–H and O–H groups in total. The summed E-state index contributed by atoms with van der Waals surface area (Å²) in [6.45, 7) is 4.92. The van der Waals surface area contributed by atoms with Gasteiger partial charge in [0.15, 0.2) is 5.78 Å². The molecule has 0 saturated carbocycles. The molecule has 0 amide bonds. The van der Waals surface area contributed by atoms with Crippen LogP contribution in [0.4, 0.5) is 0 Å². The highest BCUT2D eigenvalue weighted by Gasteiger charge is 2.40. The highest BCUT2D eigenvalue weighted by atomic mass is 16.7. The van der Waals surface area contributed by atoms with E-state index in [1.165, 1.54) is 5.57 Å². The molecular formula is C16H22O3. The summed E-state index contributed by atoms with van der Waals surface area (Å²) in [7, 11) is 0. The van der Waals surface area contributed by atoms with Crippen molar-refractivity contribution in [3.8, 4) is 0 Å². The smallest absolute Gasteiger partial charge is 0.279 e. The van der Waals surface area contributed by atoms with Crippen molar-refractivity contribution >= 4 is 5.78 Å². The van der Waals surface area contributed by atoms with Crippen molar-refractivity contribution in [2.24, 2.45) is 11.8 Å². The third kappa shape index (κ3) is 2.43. The van der Waals surface area contributed by atoms with Crippen LogP contribution in [-0.2, 0) is 14.3 Å². The maximum atomic E-state index is 12.0. The maximum absolute atomic E-state index is 12.0. The van der Waals surface area contributed by atoms with Crippen LogP contribution in [0.5, 0.6) is 0 Å². The minimum atomic E-state index is 0.248. The number of fused-ring (bicyclic) bond motifs is 2. The van der Waals surface area contributed by atoms with E-state index in [1.807, 2.05) is 6.92 Å². The molecule has 104 valence electrons. The van der Waals surface area contributed by atoms with E-state index in [0.717, 1.165) is 43.8 Å². The molecule has 0 aromatic carbocycles. The molecule has 1 aliphatic carbocycles. The normalized spacial score (nSPS) is 37.9. The average molecular weight is 262 g/mol. The van der Waals surface area contributed by atoms with Gasteiger partial charge in [-0.2, -0.15) is 0 Å². The molecule has 2 heterocycles. The molecule has 0 aromatic rings. The lowest BCUT2D eigenvalue weighted by Crippen LogP contribution is -2.24. The first-order valence-electron chi connectivity index (χ1n) is 7.37. The fourth-order valence-corrected chi connectivity index (χ4v) is 3.35. The Hall–Kier alpha value is -1.25. The van der Waals surface area contributed by atoms with Crippen LogP contribution in [0.25, 0.3) is 0 Å². The number of hydrogen-bond acceptors (Lipinski definition) is 3. The lowest BCUT2D eigenvalue weighted by atomic mass is 9.83. The SMILES string of the molecule is C/C1=C\CC2C3=C(OCC3)O[C@@H]2C[C@H](C)CCC1=O. The second-order valence-electron chi connectivity index (χ2n) is 6.10. The van der Waals surface area contributed by atoms with E-state index in [4.69, 9.17) is 9.47 Å². The van der Waals surface area contributed by atoms with Crippen molar-refractivity contribution in [2.75, 3.05) is 6.61 Å². The zero-order valence-corrected chi connectivity index (χ0v) is 11.8. The van der Waals surface area contributed by atoms with Gasteiger partial charge in [0, 0.05) is 24.3 Å². The van der Waals surface area contributed by atoms with E-state index < -0.39 is 0 Å². The lowest BCUT2D eigenvalue weighted by molar-refractivity contribution is -0.116. The van der Waals surface area contributed by atoms with Crippen LogP contribution >= 0.6 is 0 Å². The van der Waals surface area contributed by atoms with Gasteiger partial charge in [0.25, 0.3) is 5.95 Å². The Kier molecular flexibility index (Phi) is 3.38. The third-order valence-corrected chi connectivity index (χ3v) is 4.64. The van der Waals surface area contributed by atoms with Crippen molar-refractivity contribution in [1.82, 2.24) is 0 Å². The zero-order valence-electron chi connectivity index (χ0n) is 11.8. The van der Waals surface area contributed by atoms with Crippen LogP contribution < -0.4 is 0 Å². The Balaban J connectivity index is 1.84. The highest BCUT2D eigenvalue weighted by Crippen LogP contribution is 2.43. The highest BCUT2D eigenvalue weighted by molar-refractivity contribution is 5.94. The van der Waals surface area contributed by atoms with Crippen molar-refractivity contribution in [1.29, 1.82) is 0 Å². The summed E-state index contributed by atoms with van der Waals surface area (Å²) in [6.07, 6.45) is 6.92. The topological polar surface area (TPSA) is 35.5 Å². The number of hydrogen-bond donors (Lipinski definition) is 0. The predicted molar refractivity (Wildman–Crippen MR) is 72.4 cm³/mol. The molecule has 2 aliphatic heterocycles. The van der Waals surface area contributed by atoms with Gasteiger partial charge in [-0.05, 0) is 37.7 Å². The lowest BCUT2D eigenvalue weighted by Gasteiger charge is -2.25. The van der Waals surface area contributed by atoms with Gasteiger partial charge in [-0.15, -0.1) is 0 Å². The number of Topliss-reactive ketones (excluding diaryl/α,β-unsaturated/α-hetero) is 1. The second kappa shape index (κ2) is 5.03. The Morgan fingerprint density at radius 2 is 2.16 bits per heavy atom. The maximum Gasteiger partial charge on any atom is 0.279 e. The van der Waals surface area contributed by atoms with E-state index in [2.05, 4.69) is 13.0 Å². The zero-order chi connectivity index (χ0) is 13.4. The predicted octanol–water partition coefficient (Wildman–Crippen LogP) is 3.36. The second-order valence-corrected chi connectivity index (χ2v) is 6.10. The number of rotatable bonds is 0. The summed E-state index contributed by atoms with van der Waals surface area (Å²) in [5, 5.41) is 0. The van der Waals surface area contributed by atoms with Crippen molar-refractivity contribution in [3.63, 3.8) is 0 Å². The largest absolute Gasteiger partial charge is 0.465 e. The molecule has 0 radical (unpaired) electrons. The van der Waals surface area contributed by atoms with Gasteiger partial charge in [0.05, 0.1) is 6.61 Å². The van der Waals surface area contributed by atoms with Crippen LogP contribution in [0.15, 0.2) is 23.2 Å². The van der Waals surface area contributed by atoms with Gasteiger partial charge in [-0.1, -0.05) is 13.0 Å². The molecule has 3 rings (SSSR count). The van der Waals surface area contributed by atoms with Crippen LogP contribution in [0.1, 0.15) is 46.0 Å². The van der Waals surface area contributed by atoms with Gasteiger partial charge < -0.3 is 9.47 Å². The molecule has 1 unspecified atom stereocenters. The van der Waals surface area contributed by atoms with Gasteiger partial charge in [-0.3, -0.25) is 4.79 Å².